The summed E-state index contributed by atoms with van der Waals surface area (Å²) < 4.78 is 1.99. The van der Waals surface area contributed by atoms with Gasteiger partial charge in [-0.15, -0.1) is 0 Å². The highest BCUT2D eigenvalue weighted by Crippen LogP contribution is 2.23. The van der Waals surface area contributed by atoms with Gasteiger partial charge in [0.15, 0.2) is 0 Å². The zero-order valence-corrected chi connectivity index (χ0v) is 13.3. The molecule has 0 fully saturated rings. The molecule has 0 saturated heterocycles. The van der Waals surface area contributed by atoms with E-state index in [1.807, 2.05) is 30.9 Å². The predicted octanol–water partition coefficient (Wildman–Crippen LogP) is 3.93. The van der Waals surface area contributed by atoms with Gasteiger partial charge in [0.1, 0.15) is 0 Å². The number of likely N-dealkylation sites (N-methyl/N-ethyl adjacent to an activating group) is 1. The van der Waals surface area contributed by atoms with Crippen LogP contribution in [-0.2, 0) is 6.42 Å². The Labute approximate surface area is 126 Å². The molecule has 4 heteroatoms. The van der Waals surface area contributed by atoms with Gasteiger partial charge in [-0.3, -0.25) is 4.68 Å². The van der Waals surface area contributed by atoms with Crippen LogP contribution in [-0.4, -0.2) is 16.8 Å². The fourth-order valence-electron chi connectivity index (χ4n) is 2.20. The van der Waals surface area contributed by atoms with Crippen molar-refractivity contribution >= 4 is 11.6 Å². The monoisotopic (exact) mass is 291 g/mol. The van der Waals surface area contributed by atoms with Crippen LogP contribution in [0, 0.1) is 6.92 Å². The van der Waals surface area contributed by atoms with E-state index in [4.69, 9.17) is 11.6 Å². The lowest BCUT2D eigenvalue weighted by molar-refractivity contribution is 0.515. The molecule has 108 valence electrons. The normalized spacial score (nSPS) is 12.9. The van der Waals surface area contributed by atoms with Crippen LogP contribution in [0.15, 0.2) is 30.5 Å². The maximum atomic E-state index is 6.22. The summed E-state index contributed by atoms with van der Waals surface area (Å²) in [6.07, 6.45) is 2.89. The van der Waals surface area contributed by atoms with Crippen molar-refractivity contribution in [2.75, 3.05) is 7.05 Å². The first-order chi connectivity index (χ1) is 9.51. The number of benzene rings is 1. The highest BCUT2D eigenvalue weighted by atomic mass is 35.5. The van der Waals surface area contributed by atoms with Crippen molar-refractivity contribution in [1.29, 1.82) is 0 Å². The average molecular weight is 292 g/mol. The zero-order valence-electron chi connectivity index (χ0n) is 12.5. The summed E-state index contributed by atoms with van der Waals surface area (Å²) in [4.78, 5) is 0. The van der Waals surface area contributed by atoms with Gasteiger partial charge in [-0.2, -0.15) is 5.10 Å². The van der Waals surface area contributed by atoms with Gasteiger partial charge < -0.3 is 5.32 Å². The van der Waals surface area contributed by atoms with Crippen LogP contribution in [0.1, 0.15) is 42.8 Å². The van der Waals surface area contributed by atoms with Crippen LogP contribution in [0.2, 0.25) is 5.02 Å². The Morgan fingerprint density at radius 1 is 1.30 bits per heavy atom. The molecule has 0 spiro atoms. The topological polar surface area (TPSA) is 29.9 Å². The van der Waals surface area contributed by atoms with Crippen LogP contribution >= 0.6 is 11.6 Å². The van der Waals surface area contributed by atoms with Crippen molar-refractivity contribution in [3.63, 3.8) is 0 Å². The first kappa shape index (κ1) is 15.1. The molecule has 2 rings (SSSR count). The van der Waals surface area contributed by atoms with Crippen molar-refractivity contribution in [3.05, 3.63) is 52.3 Å². The molecule has 0 aliphatic rings. The molecule has 0 aliphatic heterocycles. The maximum absolute atomic E-state index is 6.22. The SMILES string of the molecule is CNC(Cc1ccn(C(C)C)n1)c1ccc(C)c(Cl)c1. The first-order valence-corrected chi connectivity index (χ1v) is 7.36. The van der Waals surface area contributed by atoms with Gasteiger partial charge in [-0.1, -0.05) is 23.7 Å². The second-order valence-electron chi connectivity index (χ2n) is 5.43. The largest absolute Gasteiger partial charge is 0.313 e. The number of hydrogen-bond donors (Lipinski definition) is 1. The summed E-state index contributed by atoms with van der Waals surface area (Å²) in [5.74, 6) is 0. The van der Waals surface area contributed by atoms with Gasteiger partial charge in [0, 0.05) is 29.7 Å². The molecule has 0 bridgehead atoms. The second kappa shape index (κ2) is 6.42. The molecule has 2 aromatic rings. The van der Waals surface area contributed by atoms with Crippen LogP contribution in [0.25, 0.3) is 0 Å². The lowest BCUT2D eigenvalue weighted by Gasteiger charge is -2.16. The van der Waals surface area contributed by atoms with E-state index >= 15 is 0 Å². The first-order valence-electron chi connectivity index (χ1n) is 6.98. The molecule has 1 heterocycles. The Hall–Kier alpha value is -1.32. The minimum Gasteiger partial charge on any atom is -0.313 e. The smallest absolute Gasteiger partial charge is 0.0643 e. The Morgan fingerprint density at radius 3 is 2.60 bits per heavy atom. The van der Waals surface area contributed by atoms with E-state index in [9.17, 15) is 0 Å². The standard InChI is InChI=1S/C16H22ClN3/c1-11(2)20-8-7-14(19-20)10-16(18-4)13-6-5-12(3)15(17)9-13/h5-9,11,16,18H,10H2,1-4H3. The molecule has 0 amide bonds. The maximum Gasteiger partial charge on any atom is 0.0643 e. The van der Waals surface area contributed by atoms with Crippen molar-refractivity contribution in [1.82, 2.24) is 15.1 Å². The van der Waals surface area contributed by atoms with E-state index in [0.29, 0.717) is 6.04 Å². The average Bonchev–Trinajstić information content (AvgIpc) is 2.88. The van der Waals surface area contributed by atoms with Crippen LogP contribution in [0.3, 0.4) is 0 Å². The lowest BCUT2D eigenvalue weighted by Crippen LogP contribution is -2.19. The molecule has 1 aromatic heterocycles. The summed E-state index contributed by atoms with van der Waals surface area (Å²) in [7, 11) is 1.97. The highest BCUT2D eigenvalue weighted by molar-refractivity contribution is 6.31. The summed E-state index contributed by atoms with van der Waals surface area (Å²) in [5.41, 5.74) is 3.39. The highest BCUT2D eigenvalue weighted by Gasteiger charge is 2.13. The third kappa shape index (κ3) is 3.41. The van der Waals surface area contributed by atoms with Crippen molar-refractivity contribution < 1.29 is 0 Å². The van der Waals surface area contributed by atoms with E-state index in [1.165, 1.54) is 5.56 Å². The molecule has 0 saturated carbocycles. The van der Waals surface area contributed by atoms with E-state index in [1.54, 1.807) is 0 Å². The number of hydrogen-bond acceptors (Lipinski definition) is 2. The molecule has 1 atom stereocenters. The minimum absolute atomic E-state index is 0.226. The Morgan fingerprint density at radius 2 is 2.05 bits per heavy atom. The fraction of sp³-hybridized carbons (Fsp3) is 0.438. The quantitative estimate of drug-likeness (QED) is 0.904. The van der Waals surface area contributed by atoms with Gasteiger partial charge in [-0.25, -0.2) is 0 Å². The molecular weight excluding hydrogens is 270 g/mol. The predicted molar refractivity (Wildman–Crippen MR) is 84.3 cm³/mol. The van der Waals surface area contributed by atoms with Gasteiger partial charge in [0.05, 0.1) is 5.69 Å². The van der Waals surface area contributed by atoms with Crippen LogP contribution < -0.4 is 5.32 Å². The zero-order chi connectivity index (χ0) is 14.7. The molecular formula is C16H22ClN3. The van der Waals surface area contributed by atoms with Crippen LogP contribution in [0.5, 0.6) is 0 Å². The third-order valence-electron chi connectivity index (χ3n) is 3.55. The van der Waals surface area contributed by atoms with Gasteiger partial charge in [0.25, 0.3) is 0 Å². The molecule has 1 aromatic carbocycles. The minimum atomic E-state index is 0.226. The number of aryl methyl sites for hydroxylation is 1. The Kier molecular flexibility index (Phi) is 4.84. The molecule has 3 nitrogen and oxygen atoms in total. The molecule has 0 radical (unpaired) electrons. The van der Waals surface area contributed by atoms with E-state index in [2.05, 4.69) is 42.5 Å². The van der Waals surface area contributed by atoms with Gasteiger partial charge in [-0.05, 0) is 51.1 Å². The second-order valence-corrected chi connectivity index (χ2v) is 5.84. The van der Waals surface area contributed by atoms with E-state index in [-0.39, 0.29) is 6.04 Å². The molecule has 0 aliphatic carbocycles. The third-order valence-corrected chi connectivity index (χ3v) is 3.96. The molecule has 20 heavy (non-hydrogen) atoms. The van der Waals surface area contributed by atoms with Crippen molar-refractivity contribution in [3.8, 4) is 0 Å². The van der Waals surface area contributed by atoms with E-state index < -0.39 is 0 Å². The van der Waals surface area contributed by atoms with Crippen LogP contribution in [0.4, 0.5) is 0 Å². The summed E-state index contributed by atoms with van der Waals surface area (Å²) in [6, 6.07) is 8.93. The fourth-order valence-corrected chi connectivity index (χ4v) is 2.38. The van der Waals surface area contributed by atoms with Gasteiger partial charge in [0.2, 0.25) is 0 Å². The Balaban J connectivity index is 2.17. The Bertz CT molecular complexity index is 575. The number of aromatic nitrogens is 2. The summed E-state index contributed by atoms with van der Waals surface area (Å²) in [5, 5.41) is 8.77. The molecule has 1 N–H and O–H groups in total. The summed E-state index contributed by atoms with van der Waals surface area (Å²) >= 11 is 6.22. The van der Waals surface area contributed by atoms with Gasteiger partial charge >= 0.3 is 0 Å². The molecule has 1 unspecified atom stereocenters. The van der Waals surface area contributed by atoms with E-state index in [0.717, 1.165) is 22.7 Å². The summed E-state index contributed by atoms with van der Waals surface area (Å²) in [6.45, 7) is 6.28. The number of nitrogens with one attached hydrogen (secondary N) is 1. The number of nitrogens with zero attached hydrogens (tertiary/aromatic N) is 2. The number of halogens is 1. The lowest BCUT2D eigenvalue weighted by atomic mass is 10.0. The number of rotatable bonds is 5. The van der Waals surface area contributed by atoms with Crippen molar-refractivity contribution in [2.45, 2.75) is 39.3 Å². The van der Waals surface area contributed by atoms with Crippen molar-refractivity contribution in [2.24, 2.45) is 0 Å².